The topological polar surface area (TPSA) is 79.8 Å². The second kappa shape index (κ2) is 5.62. The summed E-state index contributed by atoms with van der Waals surface area (Å²) in [4.78, 5) is 39.7. The predicted molar refractivity (Wildman–Crippen MR) is 63.9 cm³/mol. The molecule has 0 aromatic carbocycles. The number of carbonyl (C=O) groups is 3. The third-order valence-corrected chi connectivity index (χ3v) is 2.91. The van der Waals surface area contributed by atoms with Gasteiger partial charge in [-0.15, -0.1) is 0 Å². The number of imide groups is 1. The molecule has 0 radical (unpaired) electrons. The number of hydrogen-bond acceptors (Lipinski definition) is 5. The minimum Gasteiger partial charge on any atom is -0.425 e. The number of esters is 1. The largest absolute Gasteiger partial charge is 0.491 e. The van der Waals surface area contributed by atoms with E-state index < -0.39 is 30.3 Å². The monoisotopic (exact) mass is 317 g/mol. The molecule has 1 aromatic rings. The highest BCUT2D eigenvalue weighted by molar-refractivity contribution is 6.03. The van der Waals surface area contributed by atoms with Gasteiger partial charge in [-0.25, -0.2) is 9.59 Å². The smallest absolute Gasteiger partial charge is 0.425 e. The Morgan fingerprint density at radius 3 is 2.45 bits per heavy atom. The molecule has 0 aliphatic carbocycles. The second-order valence-corrected chi connectivity index (χ2v) is 4.42. The third kappa shape index (κ3) is 3.00. The summed E-state index contributed by atoms with van der Waals surface area (Å²) in [6, 6.07) is 2.17. The van der Waals surface area contributed by atoms with E-state index in [0.717, 1.165) is 11.9 Å². The molecule has 1 unspecified atom stereocenters. The average molecular weight is 317 g/mol. The van der Waals surface area contributed by atoms with Crippen LogP contribution in [0.25, 0.3) is 0 Å². The zero-order valence-corrected chi connectivity index (χ0v) is 11.2. The van der Waals surface area contributed by atoms with E-state index in [1.54, 1.807) is 0 Å². The minimum atomic E-state index is -5.26. The van der Waals surface area contributed by atoms with E-state index in [9.17, 15) is 27.6 Å². The predicted octanol–water partition coefficient (Wildman–Crippen LogP) is 0.907. The molecule has 7 nitrogen and oxygen atoms in total. The number of ether oxygens (including phenoxy) is 1. The number of carbonyl (C=O) groups excluding carboxylic acids is 3. The van der Waals surface area contributed by atoms with Crippen molar-refractivity contribution in [2.75, 3.05) is 7.05 Å². The number of amides is 3. The summed E-state index contributed by atoms with van der Waals surface area (Å²) in [6.07, 6.45) is -4.37. The van der Waals surface area contributed by atoms with Crippen LogP contribution in [0.1, 0.15) is 5.56 Å². The standard InChI is InChI=1S/C12H10F3N3O4/c1-17-8(19)9(22-10(20)12(13,14)15)18(11(17)21)6-7-2-4-16-5-3-7/h2-5,9H,6H2,1H3. The van der Waals surface area contributed by atoms with Crippen LogP contribution in [-0.2, 0) is 20.9 Å². The second-order valence-electron chi connectivity index (χ2n) is 4.42. The van der Waals surface area contributed by atoms with Crippen LogP contribution in [-0.4, -0.2) is 52.1 Å². The quantitative estimate of drug-likeness (QED) is 0.611. The fraction of sp³-hybridized carbons (Fsp3) is 0.333. The zero-order chi connectivity index (χ0) is 16.5. The molecule has 22 heavy (non-hydrogen) atoms. The van der Waals surface area contributed by atoms with Crippen molar-refractivity contribution in [2.24, 2.45) is 0 Å². The first-order valence-corrected chi connectivity index (χ1v) is 5.96. The highest BCUT2D eigenvalue weighted by atomic mass is 19.4. The zero-order valence-electron chi connectivity index (χ0n) is 11.2. The van der Waals surface area contributed by atoms with Gasteiger partial charge in [0.05, 0.1) is 6.54 Å². The number of likely N-dealkylation sites (N-methyl/N-ethyl adjacent to an activating group) is 1. The Labute approximate surface area is 122 Å². The number of hydrogen-bond donors (Lipinski definition) is 0. The van der Waals surface area contributed by atoms with E-state index in [4.69, 9.17) is 0 Å². The number of rotatable bonds is 3. The summed E-state index contributed by atoms with van der Waals surface area (Å²) in [5.74, 6) is -3.58. The molecule has 1 saturated heterocycles. The average Bonchev–Trinajstić information content (AvgIpc) is 2.65. The Balaban J connectivity index is 2.22. The van der Waals surface area contributed by atoms with Crippen molar-refractivity contribution < 1.29 is 32.3 Å². The van der Waals surface area contributed by atoms with Crippen molar-refractivity contribution in [3.63, 3.8) is 0 Å². The van der Waals surface area contributed by atoms with Crippen molar-refractivity contribution in [3.8, 4) is 0 Å². The van der Waals surface area contributed by atoms with Gasteiger partial charge in [-0.3, -0.25) is 19.6 Å². The molecule has 2 rings (SSSR count). The lowest BCUT2D eigenvalue weighted by atomic mass is 10.2. The molecule has 3 amide bonds. The fourth-order valence-corrected chi connectivity index (χ4v) is 1.80. The van der Waals surface area contributed by atoms with E-state index in [0.29, 0.717) is 10.5 Å². The van der Waals surface area contributed by atoms with E-state index in [1.165, 1.54) is 24.5 Å². The maximum absolute atomic E-state index is 12.3. The molecule has 1 atom stereocenters. The first-order chi connectivity index (χ1) is 10.2. The van der Waals surface area contributed by atoms with Crippen molar-refractivity contribution in [3.05, 3.63) is 30.1 Å². The van der Waals surface area contributed by atoms with Crippen LogP contribution in [0.15, 0.2) is 24.5 Å². The van der Waals surface area contributed by atoms with Crippen molar-refractivity contribution in [1.29, 1.82) is 0 Å². The SMILES string of the molecule is CN1C(=O)C(OC(=O)C(F)(F)F)N(Cc2ccncc2)C1=O. The lowest BCUT2D eigenvalue weighted by Crippen LogP contribution is -2.41. The highest BCUT2D eigenvalue weighted by Crippen LogP contribution is 2.24. The summed E-state index contributed by atoms with van der Waals surface area (Å²) in [5, 5.41) is 0. The Hall–Kier alpha value is -2.65. The molecule has 1 aromatic heterocycles. The van der Waals surface area contributed by atoms with Gasteiger partial charge < -0.3 is 4.74 Å². The fourth-order valence-electron chi connectivity index (χ4n) is 1.80. The summed E-state index contributed by atoms with van der Waals surface area (Å²) in [5.41, 5.74) is 0.513. The first kappa shape index (κ1) is 15.7. The molecule has 0 spiro atoms. The third-order valence-electron chi connectivity index (χ3n) is 2.91. The minimum absolute atomic E-state index is 0.201. The molecular weight excluding hydrogens is 307 g/mol. The van der Waals surface area contributed by atoms with Crippen LogP contribution in [0.4, 0.5) is 18.0 Å². The number of aromatic nitrogens is 1. The molecule has 0 saturated carbocycles. The Bertz CT molecular complexity index is 605. The number of halogens is 3. The lowest BCUT2D eigenvalue weighted by molar-refractivity contribution is -0.210. The Kier molecular flexibility index (Phi) is 4.02. The van der Waals surface area contributed by atoms with Gasteiger partial charge in [0.1, 0.15) is 0 Å². The van der Waals surface area contributed by atoms with Gasteiger partial charge in [0.25, 0.3) is 12.1 Å². The van der Waals surface area contributed by atoms with E-state index in [2.05, 4.69) is 9.72 Å². The molecule has 1 fully saturated rings. The van der Waals surface area contributed by atoms with Crippen LogP contribution in [0.5, 0.6) is 0 Å². The van der Waals surface area contributed by atoms with E-state index in [-0.39, 0.29) is 6.54 Å². The highest BCUT2D eigenvalue weighted by Gasteiger charge is 2.50. The summed E-state index contributed by atoms with van der Waals surface area (Å²) < 4.78 is 40.9. The first-order valence-electron chi connectivity index (χ1n) is 5.96. The molecule has 10 heteroatoms. The van der Waals surface area contributed by atoms with Crippen LogP contribution < -0.4 is 0 Å². The molecule has 118 valence electrons. The van der Waals surface area contributed by atoms with Crippen LogP contribution >= 0.6 is 0 Å². The van der Waals surface area contributed by atoms with E-state index in [1.807, 2.05) is 0 Å². The van der Waals surface area contributed by atoms with Crippen LogP contribution in [0, 0.1) is 0 Å². The van der Waals surface area contributed by atoms with Crippen LogP contribution in [0.3, 0.4) is 0 Å². The summed E-state index contributed by atoms with van der Waals surface area (Å²) >= 11 is 0. The molecule has 0 bridgehead atoms. The molecular formula is C12H10F3N3O4. The maximum atomic E-state index is 12.3. The molecule has 2 heterocycles. The summed E-state index contributed by atoms with van der Waals surface area (Å²) in [7, 11) is 1.09. The number of urea groups is 1. The van der Waals surface area contributed by atoms with Gasteiger partial charge in [-0.05, 0) is 17.7 Å². The van der Waals surface area contributed by atoms with Gasteiger partial charge in [0.2, 0.25) is 0 Å². The molecule has 0 N–H and O–H groups in total. The van der Waals surface area contributed by atoms with Crippen molar-refractivity contribution >= 4 is 17.9 Å². The van der Waals surface area contributed by atoms with Crippen molar-refractivity contribution in [1.82, 2.24) is 14.8 Å². The number of alkyl halides is 3. The summed E-state index contributed by atoms with van der Waals surface area (Å²) in [6.45, 7) is -0.201. The van der Waals surface area contributed by atoms with Gasteiger partial charge in [-0.2, -0.15) is 13.2 Å². The molecule has 1 aliphatic rings. The molecule has 1 aliphatic heterocycles. The van der Waals surface area contributed by atoms with Gasteiger partial charge in [0, 0.05) is 19.4 Å². The lowest BCUT2D eigenvalue weighted by Gasteiger charge is -2.21. The van der Waals surface area contributed by atoms with Gasteiger partial charge in [0.15, 0.2) is 0 Å². The number of nitrogens with zero attached hydrogens (tertiary/aromatic N) is 3. The van der Waals surface area contributed by atoms with Crippen LogP contribution in [0.2, 0.25) is 0 Å². The normalized spacial score (nSPS) is 18.8. The van der Waals surface area contributed by atoms with Gasteiger partial charge in [-0.1, -0.05) is 0 Å². The Morgan fingerprint density at radius 2 is 1.91 bits per heavy atom. The van der Waals surface area contributed by atoms with Crippen molar-refractivity contribution in [2.45, 2.75) is 18.9 Å². The number of pyridine rings is 1. The maximum Gasteiger partial charge on any atom is 0.491 e. The van der Waals surface area contributed by atoms with Gasteiger partial charge >= 0.3 is 18.2 Å². The van der Waals surface area contributed by atoms with E-state index >= 15 is 0 Å². The Morgan fingerprint density at radius 1 is 1.32 bits per heavy atom.